The summed E-state index contributed by atoms with van der Waals surface area (Å²) in [5.41, 5.74) is 5.65. The van der Waals surface area contributed by atoms with Gasteiger partial charge in [0, 0.05) is 29.2 Å². The summed E-state index contributed by atoms with van der Waals surface area (Å²) in [6.45, 7) is 5.11. The Morgan fingerprint density at radius 3 is 2.91 bits per heavy atom. The highest BCUT2D eigenvalue weighted by Gasteiger charge is 2.16. The molecular weight excluding hydrogens is 444 g/mol. The van der Waals surface area contributed by atoms with E-state index >= 15 is 0 Å². The highest BCUT2D eigenvalue weighted by atomic mass is 35.5. The number of hydrogen-bond acceptors (Lipinski definition) is 5. The van der Waals surface area contributed by atoms with E-state index in [1.165, 1.54) is 24.2 Å². The molecule has 2 aromatic heterocycles. The van der Waals surface area contributed by atoms with E-state index in [1.807, 2.05) is 50.2 Å². The Kier molecular flexibility index (Phi) is 5.61. The first kappa shape index (κ1) is 21.0. The number of benzene rings is 2. The highest BCUT2D eigenvalue weighted by Crippen LogP contribution is 2.32. The maximum Gasteiger partial charge on any atom is 0.411 e. The van der Waals surface area contributed by atoms with Gasteiger partial charge in [0.15, 0.2) is 0 Å². The standard InChI is InChI=1S/C24H23ClN4O2S/c1-14-11-16(25)6-8-18(14)23-26-15(2)21(32-23)13-31-24(30)27-17-7-9-20-19(12-17)28-22-5-3-4-10-29(20)22/h6-9,11-12H,3-5,10,13H2,1-2H3,(H,27,30). The summed E-state index contributed by atoms with van der Waals surface area (Å²) < 4.78 is 7.75. The molecule has 1 N–H and O–H groups in total. The molecule has 1 aliphatic rings. The Morgan fingerprint density at radius 2 is 2.06 bits per heavy atom. The molecule has 5 rings (SSSR count). The summed E-state index contributed by atoms with van der Waals surface area (Å²) in [6.07, 6.45) is 2.87. The van der Waals surface area contributed by atoms with Crippen LogP contribution in [0.15, 0.2) is 36.4 Å². The van der Waals surface area contributed by atoms with E-state index in [1.54, 1.807) is 0 Å². The van der Waals surface area contributed by atoms with E-state index in [9.17, 15) is 4.79 Å². The number of nitrogens with zero attached hydrogens (tertiary/aromatic N) is 3. The number of fused-ring (bicyclic) bond motifs is 3. The zero-order chi connectivity index (χ0) is 22.2. The van der Waals surface area contributed by atoms with Gasteiger partial charge in [0.2, 0.25) is 0 Å². The van der Waals surface area contributed by atoms with Gasteiger partial charge in [-0.25, -0.2) is 14.8 Å². The van der Waals surface area contributed by atoms with Gasteiger partial charge in [-0.05, 0) is 62.6 Å². The quantitative estimate of drug-likeness (QED) is 0.372. The van der Waals surface area contributed by atoms with Crippen LogP contribution in [0.1, 0.15) is 34.8 Å². The lowest BCUT2D eigenvalue weighted by Gasteiger charge is -2.13. The number of nitrogens with one attached hydrogen (secondary N) is 1. The average Bonchev–Trinajstić information content (AvgIpc) is 3.31. The number of aromatic nitrogens is 3. The highest BCUT2D eigenvalue weighted by molar-refractivity contribution is 7.15. The van der Waals surface area contributed by atoms with Crippen LogP contribution in [0.4, 0.5) is 10.5 Å². The Hall–Kier alpha value is -2.90. The van der Waals surface area contributed by atoms with Crippen molar-refractivity contribution in [1.82, 2.24) is 14.5 Å². The third-order valence-electron chi connectivity index (χ3n) is 5.75. The number of aryl methyl sites for hydroxylation is 4. The Balaban J connectivity index is 1.26. The molecule has 0 atom stereocenters. The fraction of sp³-hybridized carbons (Fsp3) is 0.292. The molecule has 0 saturated heterocycles. The van der Waals surface area contributed by atoms with E-state index in [4.69, 9.17) is 21.3 Å². The third-order valence-corrected chi connectivity index (χ3v) is 7.15. The molecule has 3 heterocycles. The summed E-state index contributed by atoms with van der Waals surface area (Å²) in [4.78, 5) is 22.7. The lowest BCUT2D eigenvalue weighted by atomic mass is 10.1. The van der Waals surface area contributed by atoms with Gasteiger partial charge in [0.05, 0.1) is 21.6 Å². The predicted octanol–water partition coefficient (Wildman–Crippen LogP) is 6.52. The van der Waals surface area contributed by atoms with Gasteiger partial charge in [-0.2, -0.15) is 0 Å². The number of carbonyl (C=O) groups is 1. The smallest absolute Gasteiger partial charge is 0.411 e. The van der Waals surface area contributed by atoms with Crippen LogP contribution in [-0.2, 0) is 24.3 Å². The largest absolute Gasteiger partial charge is 0.444 e. The fourth-order valence-electron chi connectivity index (χ4n) is 4.08. The third kappa shape index (κ3) is 4.10. The van der Waals surface area contributed by atoms with E-state index in [0.717, 1.165) is 56.5 Å². The molecule has 0 unspecified atom stereocenters. The number of rotatable bonds is 4. The summed E-state index contributed by atoms with van der Waals surface area (Å²) in [5, 5.41) is 4.41. The first-order valence-corrected chi connectivity index (χ1v) is 11.8. The minimum absolute atomic E-state index is 0.170. The molecule has 1 aliphatic heterocycles. The Morgan fingerprint density at radius 1 is 1.19 bits per heavy atom. The van der Waals surface area contributed by atoms with Gasteiger partial charge >= 0.3 is 6.09 Å². The maximum absolute atomic E-state index is 12.4. The molecule has 2 aromatic carbocycles. The van der Waals surface area contributed by atoms with Gasteiger partial charge in [0.1, 0.15) is 17.4 Å². The molecule has 0 aliphatic carbocycles. The molecular formula is C24H23ClN4O2S. The van der Waals surface area contributed by atoms with Crippen molar-refractivity contribution in [3.8, 4) is 10.6 Å². The first-order valence-electron chi connectivity index (χ1n) is 10.6. The number of amides is 1. The Bertz CT molecular complexity index is 1330. The molecule has 1 amide bonds. The van der Waals surface area contributed by atoms with Gasteiger partial charge in [-0.3, -0.25) is 5.32 Å². The maximum atomic E-state index is 12.4. The van der Waals surface area contributed by atoms with E-state index < -0.39 is 6.09 Å². The van der Waals surface area contributed by atoms with Crippen LogP contribution in [0, 0.1) is 13.8 Å². The number of halogens is 1. The average molecular weight is 467 g/mol. The molecule has 0 spiro atoms. The second kappa shape index (κ2) is 8.56. The van der Waals surface area contributed by atoms with Gasteiger partial charge in [0.25, 0.3) is 0 Å². The van der Waals surface area contributed by atoms with Crippen LogP contribution in [0.5, 0.6) is 0 Å². The van der Waals surface area contributed by atoms with Crippen molar-refractivity contribution in [2.45, 2.75) is 46.3 Å². The zero-order valence-electron chi connectivity index (χ0n) is 17.9. The van der Waals surface area contributed by atoms with Crippen molar-refractivity contribution >= 4 is 45.8 Å². The van der Waals surface area contributed by atoms with Crippen LogP contribution in [-0.4, -0.2) is 20.6 Å². The summed E-state index contributed by atoms with van der Waals surface area (Å²) >= 11 is 7.59. The molecule has 6 nitrogen and oxygen atoms in total. The molecule has 4 aromatic rings. The topological polar surface area (TPSA) is 69.0 Å². The van der Waals surface area contributed by atoms with E-state index in [0.29, 0.717) is 10.7 Å². The number of thiazole rings is 1. The summed E-state index contributed by atoms with van der Waals surface area (Å²) in [6, 6.07) is 11.6. The molecule has 32 heavy (non-hydrogen) atoms. The fourth-order valence-corrected chi connectivity index (χ4v) is 5.37. The van der Waals surface area contributed by atoms with Crippen LogP contribution in [0.3, 0.4) is 0 Å². The number of hydrogen-bond donors (Lipinski definition) is 1. The lowest BCUT2D eigenvalue weighted by molar-refractivity contribution is 0.156. The second-order valence-electron chi connectivity index (χ2n) is 8.03. The first-order chi connectivity index (χ1) is 15.5. The lowest BCUT2D eigenvalue weighted by Crippen LogP contribution is -2.13. The molecule has 0 saturated carbocycles. The van der Waals surface area contributed by atoms with E-state index in [2.05, 4.69) is 14.9 Å². The SMILES string of the molecule is Cc1cc(Cl)ccc1-c1nc(C)c(COC(=O)Nc2ccc3c(c2)nc2n3CCCC2)s1. The van der Waals surface area contributed by atoms with Crippen molar-refractivity contribution in [2.24, 2.45) is 0 Å². The Labute approximate surface area is 195 Å². The monoisotopic (exact) mass is 466 g/mol. The van der Waals surface area contributed by atoms with E-state index in [-0.39, 0.29) is 6.61 Å². The van der Waals surface area contributed by atoms with Crippen molar-refractivity contribution in [3.05, 3.63) is 63.4 Å². The number of ether oxygens (including phenoxy) is 1. The predicted molar refractivity (Wildman–Crippen MR) is 129 cm³/mol. The van der Waals surface area contributed by atoms with Crippen LogP contribution in [0.2, 0.25) is 5.02 Å². The minimum atomic E-state index is -0.495. The van der Waals surface area contributed by atoms with Crippen molar-refractivity contribution in [3.63, 3.8) is 0 Å². The molecule has 0 radical (unpaired) electrons. The summed E-state index contributed by atoms with van der Waals surface area (Å²) in [7, 11) is 0. The normalized spacial score (nSPS) is 13.2. The van der Waals surface area contributed by atoms with Crippen molar-refractivity contribution in [2.75, 3.05) is 5.32 Å². The second-order valence-corrected chi connectivity index (χ2v) is 9.55. The summed E-state index contributed by atoms with van der Waals surface area (Å²) in [5.74, 6) is 1.12. The van der Waals surface area contributed by atoms with Crippen LogP contribution < -0.4 is 5.32 Å². The van der Waals surface area contributed by atoms with Gasteiger partial charge in [-0.15, -0.1) is 11.3 Å². The van der Waals surface area contributed by atoms with Gasteiger partial charge in [-0.1, -0.05) is 17.7 Å². The van der Waals surface area contributed by atoms with Crippen LogP contribution >= 0.6 is 22.9 Å². The van der Waals surface area contributed by atoms with Crippen LogP contribution in [0.25, 0.3) is 21.6 Å². The molecule has 164 valence electrons. The molecule has 0 bridgehead atoms. The number of anilines is 1. The van der Waals surface area contributed by atoms with Gasteiger partial charge < -0.3 is 9.30 Å². The van der Waals surface area contributed by atoms with Crippen molar-refractivity contribution < 1.29 is 9.53 Å². The zero-order valence-corrected chi connectivity index (χ0v) is 19.5. The number of carbonyl (C=O) groups excluding carboxylic acids is 1. The minimum Gasteiger partial charge on any atom is -0.444 e. The molecule has 0 fully saturated rings. The van der Waals surface area contributed by atoms with Crippen molar-refractivity contribution in [1.29, 1.82) is 0 Å². The number of imidazole rings is 1. The molecule has 8 heteroatoms.